The fourth-order valence-electron chi connectivity index (χ4n) is 2.80. The molecule has 9 heteroatoms. The third kappa shape index (κ3) is 7.75. The lowest BCUT2D eigenvalue weighted by atomic mass is 10.1. The van der Waals surface area contributed by atoms with Gasteiger partial charge in [-0.15, -0.1) is 0 Å². The quantitative estimate of drug-likeness (QED) is 0.627. The number of anilines is 1. The summed E-state index contributed by atoms with van der Waals surface area (Å²) in [5.74, 6) is -0.493. The highest BCUT2D eigenvalue weighted by molar-refractivity contribution is 7.89. The molecule has 0 spiro atoms. The topological polar surface area (TPSA) is 98.8 Å². The molecule has 2 N–H and O–H groups in total. The highest BCUT2D eigenvalue weighted by Crippen LogP contribution is 2.23. The van der Waals surface area contributed by atoms with Crippen LogP contribution < -0.4 is 10.6 Å². The van der Waals surface area contributed by atoms with Crippen LogP contribution in [0.4, 0.5) is 5.69 Å². The average molecular weight is 427 g/mol. The van der Waals surface area contributed by atoms with E-state index >= 15 is 0 Å². The summed E-state index contributed by atoms with van der Waals surface area (Å²) < 4.78 is 26.8. The molecule has 0 aromatic heterocycles. The summed E-state index contributed by atoms with van der Waals surface area (Å²) in [4.78, 5) is 26.1. The van der Waals surface area contributed by atoms with Crippen LogP contribution in [-0.4, -0.2) is 68.2 Å². The normalized spacial score (nSPS) is 12.3. The first-order chi connectivity index (χ1) is 13.3. The van der Waals surface area contributed by atoms with Crippen molar-refractivity contribution in [2.24, 2.45) is 0 Å². The second-order valence-electron chi connectivity index (χ2n) is 8.08. The third-order valence-corrected chi connectivity index (χ3v) is 6.21. The predicted molar refractivity (Wildman–Crippen MR) is 115 cm³/mol. The van der Waals surface area contributed by atoms with E-state index in [2.05, 4.69) is 10.6 Å². The Kier molecular flexibility index (Phi) is 8.80. The summed E-state index contributed by atoms with van der Waals surface area (Å²) in [6, 6.07) is 4.70. The number of sulfonamides is 1. The molecule has 0 unspecified atom stereocenters. The molecule has 29 heavy (non-hydrogen) atoms. The van der Waals surface area contributed by atoms with Crippen LogP contribution in [0.5, 0.6) is 0 Å². The summed E-state index contributed by atoms with van der Waals surface area (Å²) in [5.41, 5.74) is 0.856. The molecule has 1 aromatic carbocycles. The molecule has 0 saturated heterocycles. The molecule has 1 aromatic rings. The summed E-state index contributed by atoms with van der Waals surface area (Å²) in [6.07, 6.45) is 0. The molecule has 8 nitrogen and oxygen atoms in total. The molecule has 1 rings (SSSR count). The van der Waals surface area contributed by atoms with Crippen LogP contribution in [0.3, 0.4) is 0 Å². The number of aryl methyl sites for hydroxylation is 1. The maximum absolute atomic E-state index is 12.7. The van der Waals surface area contributed by atoms with Gasteiger partial charge in [0.25, 0.3) is 0 Å². The number of carbonyl (C=O) groups excluding carboxylic acids is 2. The number of hydrogen-bond acceptors (Lipinski definition) is 5. The Morgan fingerprint density at radius 3 is 2.10 bits per heavy atom. The van der Waals surface area contributed by atoms with Crippen molar-refractivity contribution in [3.8, 4) is 0 Å². The van der Waals surface area contributed by atoms with Gasteiger partial charge in [0.15, 0.2) is 0 Å². The van der Waals surface area contributed by atoms with Gasteiger partial charge >= 0.3 is 0 Å². The number of benzene rings is 1. The molecule has 0 aliphatic carbocycles. The van der Waals surface area contributed by atoms with Crippen LogP contribution >= 0.6 is 0 Å². The van der Waals surface area contributed by atoms with Gasteiger partial charge < -0.3 is 10.6 Å². The first-order valence-electron chi connectivity index (χ1n) is 9.70. The van der Waals surface area contributed by atoms with E-state index in [1.54, 1.807) is 44.9 Å². The van der Waals surface area contributed by atoms with E-state index in [1.165, 1.54) is 10.4 Å². The second-order valence-corrected chi connectivity index (χ2v) is 10.0. The molecule has 0 bridgehead atoms. The van der Waals surface area contributed by atoms with Crippen LogP contribution in [0.2, 0.25) is 0 Å². The minimum atomic E-state index is -3.61. The van der Waals surface area contributed by atoms with Crippen molar-refractivity contribution in [2.75, 3.05) is 38.5 Å². The lowest BCUT2D eigenvalue weighted by Crippen LogP contribution is -2.46. The summed E-state index contributed by atoms with van der Waals surface area (Å²) in [7, 11) is -1.94. The van der Waals surface area contributed by atoms with Gasteiger partial charge in [-0.1, -0.05) is 19.9 Å². The number of likely N-dealkylation sites (N-methyl/N-ethyl adjacent to an activating group) is 1. The number of rotatable bonds is 9. The summed E-state index contributed by atoms with van der Waals surface area (Å²) in [6.45, 7) is 11.9. The van der Waals surface area contributed by atoms with Crippen molar-refractivity contribution in [3.63, 3.8) is 0 Å². The van der Waals surface area contributed by atoms with Crippen molar-refractivity contribution >= 4 is 27.5 Å². The molecule has 2 amide bonds. The SMILES string of the molecule is CCN(CC)S(=O)(=O)c1ccc(C)c(NC(=O)CN(C)CC(=O)NC(C)(C)C)c1. The molecule has 0 heterocycles. The molecule has 0 aliphatic heterocycles. The second kappa shape index (κ2) is 10.2. The summed E-state index contributed by atoms with van der Waals surface area (Å²) >= 11 is 0. The van der Waals surface area contributed by atoms with E-state index in [9.17, 15) is 18.0 Å². The van der Waals surface area contributed by atoms with Crippen LogP contribution in [0.15, 0.2) is 23.1 Å². The molecule has 164 valence electrons. The van der Waals surface area contributed by atoms with Crippen molar-refractivity contribution in [1.29, 1.82) is 0 Å². The van der Waals surface area contributed by atoms with E-state index < -0.39 is 10.0 Å². The third-order valence-electron chi connectivity index (χ3n) is 4.17. The number of amides is 2. The molecule has 0 saturated carbocycles. The Balaban J connectivity index is 2.85. The highest BCUT2D eigenvalue weighted by atomic mass is 32.2. The fourth-order valence-corrected chi connectivity index (χ4v) is 4.29. The van der Waals surface area contributed by atoms with Crippen LogP contribution in [0.1, 0.15) is 40.2 Å². The Morgan fingerprint density at radius 1 is 1.03 bits per heavy atom. The first kappa shape index (κ1) is 25.1. The predicted octanol–water partition coefficient (Wildman–Crippen LogP) is 1.81. The minimum Gasteiger partial charge on any atom is -0.350 e. The number of carbonyl (C=O) groups is 2. The van der Waals surface area contributed by atoms with Gasteiger partial charge in [-0.05, 0) is 52.4 Å². The van der Waals surface area contributed by atoms with Crippen molar-refractivity contribution in [1.82, 2.24) is 14.5 Å². The maximum atomic E-state index is 12.7. The monoisotopic (exact) mass is 426 g/mol. The Labute approximate surface area is 174 Å². The van der Waals surface area contributed by atoms with Gasteiger partial charge in [0, 0.05) is 24.3 Å². The maximum Gasteiger partial charge on any atom is 0.243 e. The van der Waals surface area contributed by atoms with Crippen LogP contribution in [-0.2, 0) is 19.6 Å². The van der Waals surface area contributed by atoms with Crippen molar-refractivity contribution in [2.45, 2.75) is 52.0 Å². The Hall–Kier alpha value is -1.97. The van der Waals surface area contributed by atoms with Gasteiger partial charge in [-0.25, -0.2) is 8.42 Å². The van der Waals surface area contributed by atoms with E-state index in [0.29, 0.717) is 18.8 Å². The van der Waals surface area contributed by atoms with Gasteiger partial charge in [0.1, 0.15) is 0 Å². The number of hydrogen-bond donors (Lipinski definition) is 2. The van der Waals surface area contributed by atoms with Gasteiger partial charge in [-0.2, -0.15) is 4.31 Å². The molecular weight excluding hydrogens is 392 g/mol. The minimum absolute atomic E-state index is 0.00399. The highest BCUT2D eigenvalue weighted by Gasteiger charge is 2.23. The van der Waals surface area contributed by atoms with Gasteiger partial charge in [0.2, 0.25) is 21.8 Å². The van der Waals surface area contributed by atoms with Gasteiger partial charge in [0.05, 0.1) is 18.0 Å². The Morgan fingerprint density at radius 2 is 1.59 bits per heavy atom. The molecule has 0 aliphatic rings. The zero-order valence-corrected chi connectivity index (χ0v) is 19.3. The smallest absolute Gasteiger partial charge is 0.243 e. The van der Waals surface area contributed by atoms with Crippen LogP contribution in [0.25, 0.3) is 0 Å². The zero-order valence-electron chi connectivity index (χ0n) is 18.5. The average Bonchev–Trinajstić information content (AvgIpc) is 2.55. The van der Waals surface area contributed by atoms with Crippen molar-refractivity contribution in [3.05, 3.63) is 23.8 Å². The standard InChI is InChI=1S/C20H34N4O4S/c1-8-24(9-2)29(27,28)16-11-10-15(3)17(12-16)21-18(25)13-23(7)14-19(26)22-20(4,5)6/h10-12H,8-9,13-14H2,1-7H3,(H,21,25)(H,22,26). The lowest BCUT2D eigenvalue weighted by Gasteiger charge is -2.23. The van der Waals surface area contributed by atoms with E-state index in [4.69, 9.17) is 0 Å². The lowest BCUT2D eigenvalue weighted by molar-refractivity contribution is -0.124. The molecule has 0 radical (unpaired) electrons. The summed E-state index contributed by atoms with van der Waals surface area (Å²) in [5, 5.41) is 5.60. The Bertz CT molecular complexity index is 827. The largest absolute Gasteiger partial charge is 0.350 e. The van der Waals surface area contributed by atoms with Crippen molar-refractivity contribution < 1.29 is 18.0 Å². The van der Waals surface area contributed by atoms with Crippen LogP contribution in [0, 0.1) is 6.92 Å². The first-order valence-corrected chi connectivity index (χ1v) is 11.1. The number of nitrogens with zero attached hydrogens (tertiary/aromatic N) is 2. The fraction of sp³-hybridized carbons (Fsp3) is 0.600. The zero-order chi connectivity index (χ0) is 22.4. The van der Waals surface area contributed by atoms with E-state index in [-0.39, 0.29) is 35.3 Å². The molecular formula is C20H34N4O4S. The number of nitrogens with one attached hydrogen (secondary N) is 2. The van der Waals surface area contributed by atoms with E-state index in [0.717, 1.165) is 5.56 Å². The molecule has 0 fully saturated rings. The molecule has 0 atom stereocenters. The van der Waals surface area contributed by atoms with E-state index in [1.807, 2.05) is 20.8 Å². The van der Waals surface area contributed by atoms with Gasteiger partial charge in [-0.3, -0.25) is 14.5 Å².